The van der Waals surface area contributed by atoms with Gasteiger partial charge in [0.05, 0.1) is 0 Å². The van der Waals surface area contributed by atoms with Crippen molar-refractivity contribution in [1.82, 2.24) is 4.90 Å². The minimum Gasteiger partial charge on any atom is -0.481 e. The van der Waals surface area contributed by atoms with E-state index in [0.717, 1.165) is 25.8 Å². The van der Waals surface area contributed by atoms with E-state index in [2.05, 4.69) is 73.3 Å². The molecule has 2 aromatic rings. The molecule has 2 atom stereocenters. The van der Waals surface area contributed by atoms with Gasteiger partial charge >= 0.3 is 0 Å². The van der Waals surface area contributed by atoms with Gasteiger partial charge in [0.15, 0.2) is 0 Å². The molecular weight excluding hydrogens is 358 g/mol. The standard InChI is InChI=1S/C26H37NO2/c1-6-7-18-24(19-25(28)29-26(3,4)5)27(20-22-14-10-8-11-15-22)21(2)23-16-12-9-13-17-23/h8-17,19,21,24,28H,6-7,18,20H2,1-5H3/b25-19+/t21?,24-/m0/s1. The van der Waals surface area contributed by atoms with Crippen LogP contribution in [0.1, 0.15) is 71.0 Å². The fourth-order valence-corrected chi connectivity index (χ4v) is 3.53. The number of hydrogen-bond donors (Lipinski definition) is 1. The second kappa shape index (κ2) is 11.1. The summed E-state index contributed by atoms with van der Waals surface area (Å²) in [6.45, 7) is 11.1. The highest BCUT2D eigenvalue weighted by atomic mass is 16.6. The molecule has 2 rings (SSSR count). The molecule has 158 valence electrons. The van der Waals surface area contributed by atoms with E-state index < -0.39 is 5.60 Å². The van der Waals surface area contributed by atoms with Crippen LogP contribution in [0.2, 0.25) is 0 Å². The highest BCUT2D eigenvalue weighted by molar-refractivity contribution is 5.21. The van der Waals surface area contributed by atoms with E-state index in [1.165, 1.54) is 11.1 Å². The van der Waals surface area contributed by atoms with E-state index in [1.807, 2.05) is 32.9 Å². The molecule has 29 heavy (non-hydrogen) atoms. The number of rotatable bonds is 10. The monoisotopic (exact) mass is 395 g/mol. The lowest BCUT2D eigenvalue weighted by Crippen LogP contribution is -2.36. The molecule has 0 radical (unpaired) electrons. The summed E-state index contributed by atoms with van der Waals surface area (Å²) in [4.78, 5) is 2.46. The minimum absolute atomic E-state index is 0.0110. The highest BCUT2D eigenvalue weighted by Crippen LogP contribution is 2.28. The van der Waals surface area contributed by atoms with Gasteiger partial charge in [0.1, 0.15) is 5.60 Å². The van der Waals surface area contributed by atoms with Crippen molar-refractivity contribution in [2.45, 2.75) is 78.1 Å². The van der Waals surface area contributed by atoms with Crippen LogP contribution in [0.25, 0.3) is 0 Å². The maximum absolute atomic E-state index is 10.5. The van der Waals surface area contributed by atoms with Crippen LogP contribution in [0.4, 0.5) is 0 Å². The lowest BCUT2D eigenvalue weighted by molar-refractivity contribution is -0.0178. The van der Waals surface area contributed by atoms with Crippen LogP contribution in [0, 0.1) is 0 Å². The first kappa shape index (κ1) is 23.0. The van der Waals surface area contributed by atoms with Gasteiger partial charge in [0.2, 0.25) is 0 Å². The first-order valence-corrected chi connectivity index (χ1v) is 10.7. The van der Waals surface area contributed by atoms with Crippen LogP contribution in [0.15, 0.2) is 72.7 Å². The Balaban J connectivity index is 2.37. The van der Waals surface area contributed by atoms with Crippen molar-refractivity contribution in [3.8, 4) is 0 Å². The molecule has 0 aliphatic carbocycles. The molecule has 0 heterocycles. The van der Waals surface area contributed by atoms with Gasteiger partial charge in [-0.15, -0.1) is 0 Å². The Bertz CT molecular complexity index is 734. The zero-order chi connectivity index (χ0) is 21.3. The van der Waals surface area contributed by atoms with Crippen molar-refractivity contribution in [3.63, 3.8) is 0 Å². The lowest BCUT2D eigenvalue weighted by Gasteiger charge is -2.36. The molecule has 0 aliphatic heterocycles. The van der Waals surface area contributed by atoms with Crippen LogP contribution in [0.5, 0.6) is 0 Å². The molecule has 1 N–H and O–H groups in total. The number of nitrogens with zero attached hydrogens (tertiary/aromatic N) is 1. The second-order valence-electron chi connectivity index (χ2n) is 8.67. The Morgan fingerprint density at radius 3 is 2.17 bits per heavy atom. The number of aliphatic hydroxyl groups excluding tert-OH is 1. The summed E-state index contributed by atoms with van der Waals surface area (Å²) >= 11 is 0. The molecular formula is C26H37NO2. The Kier molecular flexibility index (Phi) is 8.78. The quantitative estimate of drug-likeness (QED) is 0.439. The first-order valence-electron chi connectivity index (χ1n) is 10.7. The summed E-state index contributed by atoms with van der Waals surface area (Å²) < 4.78 is 5.72. The molecule has 0 fully saturated rings. The molecule has 0 saturated carbocycles. The van der Waals surface area contributed by atoms with Crippen molar-refractivity contribution < 1.29 is 9.84 Å². The van der Waals surface area contributed by atoms with E-state index in [9.17, 15) is 5.11 Å². The fourth-order valence-electron chi connectivity index (χ4n) is 3.53. The van der Waals surface area contributed by atoms with Crippen molar-refractivity contribution in [1.29, 1.82) is 0 Å². The Morgan fingerprint density at radius 2 is 1.62 bits per heavy atom. The summed E-state index contributed by atoms with van der Waals surface area (Å²) in [5.41, 5.74) is 2.11. The summed E-state index contributed by atoms with van der Waals surface area (Å²) in [6, 6.07) is 21.4. The summed E-state index contributed by atoms with van der Waals surface area (Å²) in [6.07, 6.45) is 5.07. The Morgan fingerprint density at radius 1 is 1.03 bits per heavy atom. The van der Waals surface area contributed by atoms with Crippen molar-refractivity contribution in [2.75, 3.05) is 0 Å². The summed E-state index contributed by atoms with van der Waals surface area (Å²) in [5.74, 6) is 0.0110. The molecule has 0 bridgehead atoms. The minimum atomic E-state index is -0.425. The maximum Gasteiger partial charge on any atom is 0.274 e. The molecule has 0 amide bonds. The second-order valence-corrected chi connectivity index (χ2v) is 8.67. The summed E-state index contributed by atoms with van der Waals surface area (Å²) in [7, 11) is 0. The maximum atomic E-state index is 10.5. The third-order valence-electron chi connectivity index (χ3n) is 5.01. The van der Waals surface area contributed by atoms with E-state index in [1.54, 1.807) is 0 Å². The topological polar surface area (TPSA) is 32.7 Å². The van der Waals surface area contributed by atoms with Gasteiger partial charge in [-0.1, -0.05) is 80.4 Å². The predicted octanol–water partition coefficient (Wildman–Crippen LogP) is 7.02. The average Bonchev–Trinajstić information content (AvgIpc) is 2.69. The van der Waals surface area contributed by atoms with E-state index in [0.29, 0.717) is 0 Å². The van der Waals surface area contributed by atoms with Gasteiger partial charge in [0, 0.05) is 24.7 Å². The molecule has 1 unspecified atom stereocenters. The van der Waals surface area contributed by atoms with Crippen LogP contribution >= 0.6 is 0 Å². The third kappa shape index (κ3) is 7.94. The number of unbranched alkanes of at least 4 members (excludes halogenated alkanes) is 1. The van der Waals surface area contributed by atoms with Crippen molar-refractivity contribution in [3.05, 3.63) is 83.8 Å². The number of ether oxygens (including phenoxy) is 1. The third-order valence-corrected chi connectivity index (χ3v) is 5.01. The van der Waals surface area contributed by atoms with Crippen LogP contribution in [-0.4, -0.2) is 21.6 Å². The molecule has 3 nitrogen and oxygen atoms in total. The summed E-state index contributed by atoms with van der Waals surface area (Å²) in [5, 5.41) is 10.5. The van der Waals surface area contributed by atoms with E-state index in [-0.39, 0.29) is 18.0 Å². The molecule has 3 heteroatoms. The van der Waals surface area contributed by atoms with Gasteiger partial charge in [0.25, 0.3) is 5.95 Å². The van der Waals surface area contributed by atoms with Crippen molar-refractivity contribution in [2.24, 2.45) is 0 Å². The van der Waals surface area contributed by atoms with Crippen LogP contribution in [-0.2, 0) is 11.3 Å². The van der Waals surface area contributed by atoms with Crippen LogP contribution in [0.3, 0.4) is 0 Å². The van der Waals surface area contributed by atoms with Gasteiger partial charge in [-0.3, -0.25) is 4.90 Å². The largest absolute Gasteiger partial charge is 0.481 e. The number of aliphatic hydroxyl groups is 1. The molecule has 0 aliphatic rings. The van der Waals surface area contributed by atoms with Gasteiger partial charge in [-0.2, -0.15) is 0 Å². The van der Waals surface area contributed by atoms with E-state index in [4.69, 9.17) is 4.74 Å². The van der Waals surface area contributed by atoms with Gasteiger partial charge in [-0.25, -0.2) is 0 Å². The average molecular weight is 396 g/mol. The lowest BCUT2D eigenvalue weighted by atomic mass is 10.00. The SMILES string of the molecule is CCCC[C@@H](/C=C(\O)OC(C)(C)C)N(Cc1ccccc1)C(C)c1ccccc1. The highest BCUT2D eigenvalue weighted by Gasteiger charge is 2.25. The fraction of sp³-hybridized carbons (Fsp3) is 0.462. The molecule has 2 aromatic carbocycles. The Labute approximate surface area is 177 Å². The normalized spacial score (nSPS) is 14.6. The van der Waals surface area contributed by atoms with Crippen LogP contribution < -0.4 is 0 Å². The number of benzene rings is 2. The van der Waals surface area contributed by atoms with E-state index >= 15 is 0 Å². The van der Waals surface area contributed by atoms with Crippen molar-refractivity contribution >= 4 is 0 Å². The molecule has 0 saturated heterocycles. The number of hydrogen-bond acceptors (Lipinski definition) is 3. The predicted molar refractivity (Wildman–Crippen MR) is 122 cm³/mol. The zero-order valence-electron chi connectivity index (χ0n) is 18.6. The molecule has 0 spiro atoms. The first-order chi connectivity index (χ1) is 13.8. The Hall–Kier alpha value is -2.26. The smallest absolute Gasteiger partial charge is 0.274 e. The van der Waals surface area contributed by atoms with Gasteiger partial charge in [-0.05, 0) is 45.2 Å². The zero-order valence-corrected chi connectivity index (χ0v) is 18.6. The van der Waals surface area contributed by atoms with Gasteiger partial charge < -0.3 is 9.84 Å². The molecule has 0 aromatic heterocycles.